The monoisotopic (exact) mass is 483 g/mol. The molecule has 0 unspecified atom stereocenters. The summed E-state index contributed by atoms with van der Waals surface area (Å²) in [5.41, 5.74) is 2.75. The predicted molar refractivity (Wildman–Crippen MR) is 141 cm³/mol. The number of hydrogen-bond acceptors (Lipinski definition) is 8. The number of morpholine rings is 1. The van der Waals surface area contributed by atoms with Gasteiger partial charge >= 0.3 is 0 Å². The van der Waals surface area contributed by atoms with Crippen LogP contribution in [0, 0.1) is 5.92 Å². The number of hydrogen-bond donors (Lipinski definition) is 2. The summed E-state index contributed by atoms with van der Waals surface area (Å²) in [4.78, 5) is 29.5. The largest absolute Gasteiger partial charge is 0.378 e. The Labute approximate surface area is 209 Å². The van der Waals surface area contributed by atoms with Crippen LogP contribution in [0.3, 0.4) is 0 Å². The Kier molecular flexibility index (Phi) is 6.21. The van der Waals surface area contributed by atoms with Crippen LogP contribution in [-0.2, 0) is 11.3 Å². The van der Waals surface area contributed by atoms with Gasteiger partial charge in [-0.15, -0.1) is 0 Å². The smallest absolute Gasteiger partial charge is 0.275 e. The molecule has 1 saturated heterocycles. The molecule has 184 valence electrons. The Balaban J connectivity index is 1.28. The second kappa shape index (κ2) is 9.94. The summed E-state index contributed by atoms with van der Waals surface area (Å²) in [7, 11) is 0. The third-order valence-electron chi connectivity index (χ3n) is 6.68. The molecule has 0 atom stereocenters. The van der Waals surface area contributed by atoms with Gasteiger partial charge in [-0.1, -0.05) is 31.0 Å². The van der Waals surface area contributed by atoms with Crippen LogP contribution in [0.5, 0.6) is 0 Å². The number of ether oxygens (including phenoxy) is 1. The van der Waals surface area contributed by atoms with E-state index in [1.165, 1.54) is 12.8 Å². The van der Waals surface area contributed by atoms with Crippen LogP contribution in [0.4, 0.5) is 28.8 Å². The number of aryl methyl sites for hydroxylation is 1. The third-order valence-corrected chi connectivity index (χ3v) is 6.68. The molecule has 6 rings (SSSR count). The molecule has 4 aromatic rings. The number of nitrogens with zero attached hydrogens (tertiary/aromatic N) is 5. The average molecular weight is 484 g/mol. The van der Waals surface area contributed by atoms with Crippen molar-refractivity contribution in [3.05, 3.63) is 71.3 Å². The summed E-state index contributed by atoms with van der Waals surface area (Å²) < 4.78 is 7.20. The highest BCUT2D eigenvalue weighted by molar-refractivity contribution is 5.80. The van der Waals surface area contributed by atoms with Gasteiger partial charge in [0.2, 0.25) is 5.95 Å². The summed E-state index contributed by atoms with van der Waals surface area (Å²) in [5, 5.41) is 7.33. The molecule has 0 amide bonds. The Hall–Kier alpha value is -3.98. The number of benzene rings is 1. The van der Waals surface area contributed by atoms with E-state index in [9.17, 15) is 4.79 Å². The summed E-state index contributed by atoms with van der Waals surface area (Å²) in [6.07, 6.45) is 7.01. The quantitative estimate of drug-likeness (QED) is 0.383. The number of fused-ring (bicyclic) bond motifs is 1. The van der Waals surface area contributed by atoms with Gasteiger partial charge in [-0.25, -0.2) is 9.97 Å². The van der Waals surface area contributed by atoms with E-state index in [0.717, 1.165) is 55.3 Å². The lowest BCUT2D eigenvalue weighted by Gasteiger charge is -2.27. The molecule has 2 fully saturated rings. The summed E-state index contributed by atoms with van der Waals surface area (Å²) >= 11 is 0. The molecule has 2 aliphatic rings. The van der Waals surface area contributed by atoms with Crippen LogP contribution in [-0.4, -0.2) is 45.8 Å². The van der Waals surface area contributed by atoms with Gasteiger partial charge in [-0.2, -0.15) is 4.98 Å². The van der Waals surface area contributed by atoms with E-state index in [-0.39, 0.29) is 5.56 Å². The van der Waals surface area contributed by atoms with Gasteiger partial charge < -0.3 is 20.3 Å². The first-order valence-corrected chi connectivity index (χ1v) is 12.5. The van der Waals surface area contributed by atoms with E-state index in [0.29, 0.717) is 29.7 Å². The van der Waals surface area contributed by atoms with E-state index < -0.39 is 0 Å². The van der Waals surface area contributed by atoms with Crippen molar-refractivity contribution in [2.24, 2.45) is 5.92 Å². The Bertz CT molecular complexity index is 1400. The lowest BCUT2D eigenvalue weighted by molar-refractivity contribution is 0.122. The normalized spacial score (nSPS) is 15.7. The molecule has 1 saturated carbocycles. The van der Waals surface area contributed by atoms with Crippen molar-refractivity contribution in [3.63, 3.8) is 0 Å². The van der Waals surface area contributed by atoms with Crippen LogP contribution in [0.15, 0.2) is 65.7 Å². The second-order valence-electron chi connectivity index (χ2n) is 9.34. The highest BCUT2D eigenvalue weighted by atomic mass is 16.5. The molecule has 3 aromatic heterocycles. The van der Waals surface area contributed by atoms with Gasteiger partial charge in [-0.3, -0.25) is 9.36 Å². The number of nitrogens with one attached hydrogen (secondary N) is 2. The van der Waals surface area contributed by atoms with Crippen molar-refractivity contribution < 1.29 is 4.74 Å². The van der Waals surface area contributed by atoms with E-state index in [2.05, 4.69) is 25.5 Å². The molecule has 1 aromatic carbocycles. The molecule has 9 heteroatoms. The van der Waals surface area contributed by atoms with Crippen molar-refractivity contribution in [2.75, 3.05) is 41.8 Å². The Morgan fingerprint density at radius 3 is 2.53 bits per heavy atom. The van der Waals surface area contributed by atoms with Gasteiger partial charge in [0, 0.05) is 36.9 Å². The average Bonchev–Trinajstić information content (AvgIpc) is 3.75. The first-order valence-electron chi connectivity index (χ1n) is 12.5. The fourth-order valence-electron chi connectivity index (χ4n) is 4.48. The van der Waals surface area contributed by atoms with E-state index in [1.54, 1.807) is 17.0 Å². The van der Waals surface area contributed by atoms with Crippen LogP contribution in [0.25, 0.3) is 11.0 Å². The maximum absolute atomic E-state index is 13.5. The molecular formula is C27H29N7O2. The van der Waals surface area contributed by atoms with Crippen LogP contribution < -0.4 is 21.1 Å². The number of anilines is 5. The zero-order valence-corrected chi connectivity index (χ0v) is 20.1. The Morgan fingerprint density at radius 1 is 0.944 bits per heavy atom. The first kappa shape index (κ1) is 22.5. The van der Waals surface area contributed by atoms with Gasteiger partial charge in [0.1, 0.15) is 17.2 Å². The van der Waals surface area contributed by atoms with E-state index in [1.807, 2.05) is 48.5 Å². The topological polar surface area (TPSA) is 97.2 Å². The molecule has 0 spiro atoms. The number of para-hydroxylation sites is 1. The lowest BCUT2D eigenvalue weighted by atomic mass is 10.2. The summed E-state index contributed by atoms with van der Waals surface area (Å²) in [5.74, 6) is 2.07. The van der Waals surface area contributed by atoms with Crippen LogP contribution in [0.2, 0.25) is 0 Å². The van der Waals surface area contributed by atoms with Gasteiger partial charge in [0.05, 0.1) is 25.1 Å². The molecule has 4 heterocycles. The maximum Gasteiger partial charge on any atom is 0.275 e. The van der Waals surface area contributed by atoms with Crippen LogP contribution >= 0.6 is 0 Å². The number of aromatic nitrogens is 4. The predicted octanol–water partition coefficient (Wildman–Crippen LogP) is 4.31. The second-order valence-corrected chi connectivity index (χ2v) is 9.34. The lowest BCUT2D eigenvalue weighted by Crippen LogP contribution is -2.36. The molecule has 0 bridgehead atoms. The van der Waals surface area contributed by atoms with Crippen molar-refractivity contribution in [3.8, 4) is 0 Å². The standard InChI is InChI=1S/C27H29N7O2/c35-26-23(30-21-4-2-1-3-5-21)16-20-17-29-27(32-25(20)34(26)11-10-19-6-7-19)31-22-8-9-24(28-18-22)33-12-14-36-15-13-33/h1-5,8-9,16-19,30H,6-7,10-15H2,(H,29,31,32). The van der Waals surface area contributed by atoms with Crippen LogP contribution in [0.1, 0.15) is 19.3 Å². The molecule has 1 aliphatic heterocycles. The third kappa shape index (κ3) is 5.01. The molecule has 2 N–H and O–H groups in total. The van der Waals surface area contributed by atoms with Crippen molar-refractivity contribution in [1.29, 1.82) is 0 Å². The summed E-state index contributed by atoms with van der Waals surface area (Å²) in [6, 6.07) is 15.5. The highest BCUT2D eigenvalue weighted by Crippen LogP contribution is 2.33. The minimum absolute atomic E-state index is 0.0758. The highest BCUT2D eigenvalue weighted by Gasteiger charge is 2.22. The molecular weight excluding hydrogens is 454 g/mol. The molecule has 0 radical (unpaired) electrons. The number of rotatable bonds is 8. The van der Waals surface area contributed by atoms with Gasteiger partial charge in [0.25, 0.3) is 5.56 Å². The fraction of sp³-hybridized carbons (Fsp3) is 0.333. The zero-order valence-electron chi connectivity index (χ0n) is 20.1. The fourth-order valence-corrected chi connectivity index (χ4v) is 4.48. The van der Waals surface area contributed by atoms with Crippen molar-refractivity contribution in [1.82, 2.24) is 19.5 Å². The Morgan fingerprint density at radius 2 is 1.78 bits per heavy atom. The maximum atomic E-state index is 13.5. The molecule has 36 heavy (non-hydrogen) atoms. The SMILES string of the molecule is O=c1c(Nc2ccccc2)cc2cnc(Nc3ccc(N4CCOCC4)nc3)nc2n1CCC1CC1. The van der Waals surface area contributed by atoms with E-state index >= 15 is 0 Å². The van der Waals surface area contributed by atoms with E-state index in [4.69, 9.17) is 9.72 Å². The first-order chi connectivity index (χ1) is 17.7. The molecule has 1 aliphatic carbocycles. The number of pyridine rings is 2. The van der Waals surface area contributed by atoms with Gasteiger partial charge in [-0.05, 0) is 42.7 Å². The summed E-state index contributed by atoms with van der Waals surface area (Å²) in [6.45, 7) is 3.76. The zero-order chi connectivity index (χ0) is 24.3. The minimum atomic E-state index is -0.0758. The minimum Gasteiger partial charge on any atom is -0.378 e. The van der Waals surface area contributed by atoms with Crippen molar-refractivity contribution >= 4 is 39.9 Å². The van der Waals surface area contributed by atoms with Gasteiger partial charge in [0.15, 0.2) is 0 Å². The molecule has 9 nitrogen and oxygen atoms in total. The van der Waals surface area contributed by atoms with Crippen molar-refractivity contribution in [2.45, 2.75) is 25.8 Å².